The van der Waals surface area contributed by atoms with Crippen molar-refractivity contribution in [3.63, 3.8) is 0 Å². The van der Waals surface area contributed by atoms with Crippen LogP contribution >= 0.6 is 34.5 Å². The summed E-state index contributed by atoms with van der Waals surface area (Å²) in [6.07, 6.45) is 1.77. The Bertz CT molecular complexity index is 845. The molecule has 0 unspecified atom stereocenters. The van der Waals surface area contributed by atoms with Crippen molar-refractivity contribution in [1.29, 1.82) is 0 Å². The van der Waals surface area contributed by atoms with E-state index in [-0.39, 0.29) is 4.90 Å². The summed E-state index contributed by atoms with van der Waals surface area (Å²) in [4.78, 5) is 14.7. The van der Waals surface area contributed by atoms with Gasteiger partial charge in [-0.1, -0.05) is 34.5 Å². The summed E-state index contributed by atoms with van der Waals surface area (Å²) in [5.41, 5.74) is 0.603. The normalized spacial score (nSPS) is 16.3. The molecule has 1 aromatic heterocycles. The number of aromatic nitrogens is 1. The van der Waals surface area contributed by atoms with Crippen LogP contribution in [0.1, 0.15) is 12.8 Å². The molecule has 1 aliphatic rings. The van der Waals surface area contributed by atoms with E-state index in [1.807, 2.05) is 0 Å². The van der Waals surface area contributed by atoms with E-state index >= 15 is 0 Å². The Morgan fingerprint density at radius 1 is 1.30 bits per heavy atom. The number of rotatable bonds is 4. The summed E-state index contributed by atoms with van der Waals surface area (Å²) < 4.78 is 27.3. The fourth-order valence-electron chi connectivity index (χ4n) is 2.36. The number of halogens is 2. The van der Waals surface area contributed by atoms with Crippen molar-refractivity contribution < 1.29 is 13.2 Å². The SMILES string of the molecule is O=C(Nc1nc2ccc(S(=O)(=O)N3CCCC3)cc2s1)C(Cl)Cl. The molecule has 3 rings (SSSR count). The van der Waals surface area contributed by atoms with Crippen molar-refractivity contribution in [2.45, 2.75) is 22.6 Å². The number of carbonyl (C=O) groups is 1. The van der Waals surface area contributed by atoms with E-state index < -0.39 is 20.8 Å². The van der Waals surface area contributed by atoms with Crippen LogP contribution in [0.25, 0.3) is 10.2 Å². The molecule has 2 aromatic rings. The van der Waals surface area contributed by atoms with E-state index in [2.05, 4.69) is 10.3 Å². The first kappa shape index (κ1) is 16.9. The molecule has 0 spiro atoms. The maximum absolute atomic E-state index is 12.6. The number of amides is 1. The third-order valence-electron chi connectivity index (χ3n) is 3.49. The average molecular weight is 394 g/mol. The third-order valence-corrected chi connectivity index (χ3v) is 6.72. The molecular weight excluding hydrogens is 381 g/mol. The largest absolute Gasteiger partial charge is 0.300 e. The Balaban J connectivity index is 1.91. The van der Waals surface area contributed by atoms with Crippen molar-refractivity contribution in [2.75, 3.05) is 18.4 Å². The zero-order valence-electron chi connectivity index (χ0n) is 11.8. The highest BCUT2D eigenvalue weighted by molar-refractivity contribution is 7.89. The van der Waals surface area contributed by atoms with Gasteiger partial charge in [0.15, 0.2) is 9.97 Å². The summed E-state index contributed by atoms with van der Waals surface area (Å²) >= 11 is 12.1. The van der Waals surface area contributed by atoms with Crippen LogP contribution in [0.15, 0.2) is 23.1 Å². The van der Waals surface area contributed by atoms with Crippen LogP contribution in [0.2, 0.25) is 0 Å². The molecule has 0 radical (unpaired) electrons. The lowest BCUT2D eigenvalue weighted by atomic mass is 10.3. The number of carbonyl (C=O) groups excluding carboxylic acids is 1. The van der Waals surface area contributed by atoms with Gasteiger partial charge in [0, 0.05) is 13.1 Å². The summed E-state index contributed by atoms with van der Waals surface area (Å²) in [6.45, 7) is 1.11. The monoisotopic (exact) mass is 393 g/mol. The van der Waals surface area contributed by atoms with Gasteiger partial charge in [0.1, 0.15) is 0 Å². The Morgan fingerprint density at radius 2 is 2.00 bits per heavy atom. The van der Waals surface area contributed by atoms with Crippen LogP contribution in [0.4, 0.5) is 5.13 Å². The number of sulfonamides is 1. The van der Waals surface area contributed by atoms with E-state index in [1.165, 1.54) is 21.7 Å². The lowest BCUT2D eigenvalue weighted by Crippen LogP contribution is -2.27. The second-order valence-corrected chi connectivity index (χ2v) is 9.11. The van der Waals surface area contributed by atoms with Crippen molar-refractivity contribution in [3.8, 4) is 0 Å². The van der Waals surface area contributed by atoms with Crippen molar-refractivity contribution in [2.24, 2.45) is 0 Å². The van der Waals surface area contributed by atoms with Gasteiger partial charge in [0.2, 0.25) is 10.0 Å². The molecule has 1 amide bonds. The molecule has 0 atom stereocenters. The molecule has 1 N–H and O–H groups in total. The molecule has 0 aliphatic carbocycles. The number of nitrogens with zero attached hydrogens (tertiary/aromatic N) is 2. The van der Waals surface area contributed by atoms with E-state index in [0.717, 1.165) is 12.8 Å². The van der Waals surface area contributed by atoms with Crippen LogP contribution in [0, 0.1) is 0 Å². The third kappa shape index (κ3) is 3.46. The second-order valence-electron chi connectivity index (χ2n) is 5.05. The fourth-order valence-corrected chi connectivity index (χ4v) is 4.99. The first-order chi connectivity index (χ1) is 10.9. The standard InChI is InChI=1S/C13H13Cl2N3O3S2/c14-11(15)12(19)17-13-16-9-4-3-8(7-10(9)22-13)23(20,21)18-5-1-2-6-18/h3-4,7,11H,1-2,5-6H2,(H,16,17,19). The van der Waals surface area contributed by atoms with E-state index in [4.69, 9.17) is 23.2 Å². The van der Waals surface area contributed by atoms with Crippen LogP contribution in [-0.2, 0) is 14.8 Å². The Hall–Kier alpha value is -0.930. The number of hydrogen-bond acceptors (Lipinski definition) is 5. The van der Waals surface area contributed by atoms with Gasteiger partial charge in [-0.2, -0.15) is 4.31 Å². The molecule has 2 heterocycles. The van der Waals surface area contributed by atoms with Gasteiger partial charge in [0.25, 0.3) is 5.91 Å². The topological polar surface area (TPSA) is 79.4 Å². The molecule has 6 nitrogen and oxygen atoms in total. The Morgan fingerprint density at radius 3 is 2.65 bits per heavy atom. The summed E-state index contributed by atoms with van der Waals surface area (Å²) in [7, 11) is -3.47. The second kappa shape index (κ2) is 6.52. The molecule has 0 saturated carbocycles. The zero-order valence-corrected chi connectivity index (χ0v) is 15.0. The van der Waals surface area contributed by atoms with Crippen LogP contribution < -0.4 is 5.32 Å². The van der Waals surface area contributed by atoms with Gasteiger partial charge in [-0.15, -0.1) is 0 Å². The molecule has 23 heavy (non-hydrogen) atoms. The smallest absolute Gasteiger partial charge is 0.259 e. The molecule has 124 valence electrons. The molecular formula is C13H13Cl2N3O3S2. The maximum Gasteiger partial charge on any atom is 0.259 e. The van der Waals surface area contributed by atoms with Crippen molar-refractivity contribution in [3.05, 3.63) is 18.2 Å². The average Bonchev–Trinajstić information content (AvgIpc) is 3.15. The van der Waals surface area contributed by atoms with Crippen LogP contribution in [-0.4, -0.2) is 41.5 Å². The molecule has 1 fully saturated rings. The van der Waals surface area contributed by atoms with Gasteiger partial charge in [-0.3, -0.25) is 10.1 Å². The van der Waals surface area contributed by atoms with Gasteiger partial charge < -0.3 is 0 Å². The molecule has 1 aromatic carbocycles. The summed E-state index contributed by atoms with van der Waals surface area (Å²) in [6, 6.07) is 4.74. The van der Waals surface area contributed by atoms with Gasteiger partial charge >= 0.3 is 0 Å². The minimum Gasteiger partial charge on any atom is -0.300 e. The van der Waals surface area contributed by atoms with Crippen molar-refractivity contribution >= 4 is 65.8 Å². The number of anilines is 1. The minimum atomic E-state index is -3.47. The number of fused-ring (bicyclic) bond motifs is 1. The van der Waals surface area contributed by atoms with Gasteiger partial charge in [-0.05, 0) is 31.0 Å². The lowest BCUT2D eigenvalue weighted by molar-refractivity contribution is -0.114. The summed E-state index contributed by atoms with van der Waals surface area (Å²) in [5.74, 6) is -0.572. The molecule has 0 bridgehead atoms. The highest BCUT2D eigenvalue weighted by Gasteiger charge is 2.27. The highest BCUT2D eigenvalue weighted by atomic mass is 35.5. The first-order valence-electron chi connectivity index (χ1n) is 6.88. The molecule has 10 heteroatoms. The fraction of sp³-hybridized carbons (Fsp3) is 0.385. The maximum atomic E-state index is 12.6. The summed E-state index contributed by atoms with van der Waals surface area (Å²) in [5, 5.41) is 2.81. The van der Waals surface area contributed by atoms with E-state index in [9.17, 15) is 13.2 Å². The molecule has 1 saturated heterocycles. The van der Waals surface area contributed by atoms with Crippen LogP contribution in [0.5, 0.6) is 0 Å². The number of nitrogens with one attached hydrogen (secondary N) is 1. The van der Waals surface area contributed by atoms with E-state index in [1.54, 1.807) is 12.1 Å². The molecule has 1 aliphatic heterocycles. The predicted octanol–water partition coefficient (Wildman–Crippen LogP) is 2.82. The number of alkyl halides is 2. The predicted molar refractivity (Wildman–Crippen MR) is 91.7 cm³/mol. The first-order valence-corrected chi connectivity index (χ1v) is 10.0. The zero-order chi connectivity index (χ0) is 16.6. The quantitative estimate of drug-likeness (QED) is 0.809. The number of thiazole rings is 1. The number of hydrogen-bond donors (Lipinski definition) is 1. The highest BCUT2D eigenvalue weighted by Crippen LogP contribution is 2.30. The lowest BCUT2D eigenvalue weighted by Gasteiger charge is -2.15. The van der Waals surface area contributed by atoms with Gasteiger partial charge in [-0.25, -0.2) is 13.4 Å². The van der Waals surface area contributed by atoms with Crippen molar-refractivity contribution in [1.82, 2.24) is 9.29 Å². The number of benzene rings is 1. The minimum absolute atomic E-state index is 0.237. The van der Waals surface area contributed by atoms with Gasteiger partial charge in [0.05, 0.1) is 15.1 Å². The Labute approximate surface area is 147 Å². The Kier molecular flexibility index (Phi) is 4.80. The van der Waals surface area contributed by atoms with E-state index in [0.29, 0.717) is 28.4 Å². The van der Waals surface area contributed by atoms with Crippen LogP contribution in [0.3, 0.4) is 0 Å².